The standard InChI is InChI=1S/C9H18N2O4S2/c1-3-15-9(12)5-7-17(13,14)11(2)6-4-8(10)16/h3-7H2,1-2H3,(H2,10,16). The van der Waals surface area contributed by atoms with Crippen molar-refractivity contribution in [3.8, 4) is 0 Å². The molecular formula is C9H18N2O4S2. The number of thiocarbonyl (C=S) groups is 1. The Hall–Kier alpha value is -0.730. The molecule has 0 aromatic rings. The van der Waals surface area contributed by atoms with Crippen molar-refractivity contribution in [3.63, 3.8) is 0 Å². The van der Waals surface area contributed by atoms with E-state index in [1.807, 2.05) is 0 Å². The Balaban J connectivity index is 4.18. The van der Waals surface area contributed by atoms with E-state index in [-0.39, 0.29) is 30.3 Å². The number of rotatable bonds is 8. The van der Waals surface area contributed by atoms with E-state index in [0.29, 0.717) is 6.42 Å². The van der Waals surface area contributed by atoms with Gasteiger partial charge in [0.25, 0.3) is 0 Å². The van der Waals surface area contributed by atoms with Gasteiger partial charge in [0.05, 0.1) is 23.8 Å². The number of carbonyl (C=O) groups excluding carboxylic acids is 1. The number of sulfonamides is 1. The van der Waals surface area contributed by atoms with Crippen LogP contribution in [0.1, 0.15) is 19.8 Å². The number of carbonyl (C=O) groups is 1. The second kappa shape index (κ2) is 7.57. The van der Waals surface area contributed by atoms with Gasteiger partial charge in [-0.25, -0.2) is 12.7 Å². The predicted octanol–water partition coefficient (Wildman–Crippen LogP) is -0.123. The third kappa shape index (κ3) is 7.24. The molecule has 0 aromatic heterocycles. The molecule has 6 nitrogen and oxygen atoms in total. The summed E-state index contributed by atoms with van der Waals surface area (Å²) in [6.07, 6.45) is 0.179. The second-order valence-electron chi connectivity index (χ2n) is 3.41. The van der Waals surface area contributed by atoms with Gasteiger partial charge < -0.3 is 10.5 Å². The monoisotopic (exact) mass is 282 g/mol. The first-order chi connectivity index (χ1) is 7.79. The van der Waals surface area contributed by atoms with Gasteiger partial charge in [-0.2, -0.15) is 0 Å². The molecule has 0 aliphatic carbocycles. The number of esters is 1. The van der Waals surface area contributed by atoms with Gasteiger partial charge in [-0.15, -0.1) is 0 Å². The molecule has 0 unspecified atom stereocenters. The van der Waals surface area contributed by atoms with Crippen LogP contribution in [0.25, 0.3) is 0 Å². The Morgan fingerprint density at radius 2 is 2.00 bits per heavy atom. The molecule has 0 saturated carbocycles. The number of hydrogen-bond donors (Lipinski definition) is 1. The summed E-state index contributed by atoms with van der Waals surface area (Å²) in [5.41, 5.74) is 5.28. The van der Waals surface area contributed by atoms with Crippen LogP contribution < -0.4 is 5.73 Å². The van der Waals surface area contributed by atoms with Gasteiger partial charge >= 0.3 is 5.97 Å². The fourth-order valence-electron chi connectivity index (χ4n) is 1.01. The van der Waals surface area contributed by atoms with Gasteiger partial charge in [-0.1, -0.05) is 12.2 Å². The van der Waals surface area contributed by atoms with Gasteiger partial charge in [-0.05, 0) is 6.92 Å². The fourth-order valence-corrected chi connectivity index (χ4v) is 2.21. The zero-order valence-electron chi connectivity index (χ0n) is 10.0. The van der Waals surface area contributed by atoms with Crippen LogP contribution in [0.2, 0.25) is 0 Å². The molecule has 0 amide bonds. The smallest absolute Gasteiger partial charge is 0.306 e. The van der Waals surface area contributed by atoms with Crippen LogP contribution in [0, 0.1) is 0 Å². The Morgan fingerprint density at radius 3 is 2.47 bits per heavy atom. The quantitative estimate of drug-likeness (QED) is 0.493. The van der Waals surface area contributed by atoms with Crippen molar-refractivity contribution >= 4 is 33.2 Å². The van der Waals surface area contributed by atoms with E-state index in [9.17, 15) is 13.2 Å². The zero-order chi connectivity index (χ0) is 13.5. The van der Waals surface area contributed by atoms with Crippen LogP contribution in [-0.4, -0.2) is 49.6 Å². The van der Waals surface area contributed by atoms with Gasteiger partial charge in [0, 0.05) is 20.0 Å². The minimum atomic E-state index is -3.45. The summed E-state index contributed by atoms with van der Waals surface area (Å²) in [4.78, 5) is 11.3. The van der Waals surface area contributed by atoms with E-state index < -0.39 is 16.0 Å². The SMILES string of the molecule is CCOC(=O)CCS(=O)(=O)N(C)CCC(N)=S. The summed E-state index contributed by atoms with van der Waals surface area (Å²) in [6, 6.07) is 0. The molecule has 0 aliphatic rings. The molecule has 2 N–H and O–H groups in total. The largest absolute Gasteiger partial charge is 0.466 e. The lowest BCUT2D eigenvalue weighted by Gasteiger charge is -2.16. The first-order valence-electron chi connectivity index (χ1n) is 5.17. The van der Waals surface area contributed by atoms with Crippen LogP contribution in [0.4, 0.5) is 0 Å². The number of nitrogens with zero attached hydrogens (tertiary/aromatic N) is 1. The summed E-state index contributed by atoms with van der Waals surface area (Å²) < 4.78 is 29.2. The number of hydrogen-bond acceptors (Lipinski definition) is 5. The van der Waals surface area contributed by atoms with Crippen molar-refractivity contribution in [2.75, 3.05) is 26.0 Å². The molecular weight excluding hydrogens is 264 g/mol. The molecule has 0 aromatic carbocycles. The maximum Gasteiger partial charge on any atom is 0.306 e. The highest BCUT2D eigenvalue weighted by Gasteiger charge is 2.19. The summed E-state index contributed by atoms with van der Waals surface area (Å²) in [5.74, 6) is -0.779. The van der Waals surface area contributed by atoms with E-state index >= 15 is 0 Å². The molecule has 17 heavy (non-hydrogen) atoms. The minimum absolute atomic E-state index is 0.145. The van der Waals surface area contributed by atoms with Gasteiger partial charge in [0.15, 0.2) is 0 Å². The maximum absolute atomic E-state index is 11.7. The summed E-state index contributed by atoms with van der Waals surface area (Å²) >= 11 is 4.66. The van der Waals surface area contributed by atoms with Crippen LogP contribution in [0.3, 0.4) is 0 Å². The Kier molecular flexibility index (Phi) is 7.24. The van der Waals surface area contributed by atoms with Gasteiger partial charge in [-0.3, -0.25) is 4.79 Å². The van der Waals surface area contributed by atoms with E-state index in [1.54, 1.807) is 6.92 Å². The normalized spacial score (nSPS) is 11.5. The van der Waals surface area contributed by atoms with E-state index in [0.717, 1.165) is 4.31 Å². The van der Waals surface area contributed by atoms with Crippen LogP contribution in [0.15, 0.2) is 0 Å². The first-order valence-corrected chi connectivity index (χ1v) is 7.19. The molecule has 0 saturated heterocycles. The lowest BCUT2D eigenvalue weighted by Crippen LogP contribution is -2.32. The van der Waals surface area contributed by atoms with Crippen molar-refractivity contribution in [3.05, 3.63) is 0 Å². The third-order valence-electron chi connectivity index (χ3n) is 2.02. The minimum Gasteiger partial charge on any atom is -0.466 e. The molecule has 8 heteroatoms. The molecule has 0 spiro atoms. The lowest BCUT2D eigenvalue weighted by atomic mass is 10.4. The zero-order valence-corrected chi connectivity index (χ0v) is 11.6. The summed E-state index contributed by atoms with van der Waals surface area (Å²) in [5, 5.41) is 0. The topological polar surface area (TPSA) is 89.7 Å². The van der Waals surface area contributed by atoms with E-state index in [1.165, 1.54) is 7.05 Å². The van der Waals surface area contributed by atoms with Crippen LogP contribution >= 0.6 is 12.2 Å². The third-order valence-corrected chi connectivity index (χ3v) is 4.07. The molecule has 0 aliphatic heterocycles. The lowest BCUT2D eigenvalue weighted by molar-refractivity contribution is -0.142. The Morgan fingerprint density at radius 1 is 1.41 bits per heavy atom. The van der Waals surface area contributed by atoms with Gasteiger partial charge in [0.2, 0.25) is 10.0 Å². The van der Waals surface area contributed by atoms with Crippen molar-refractivity contribution in [1.29, 1.82) is 0 Å². The molecule has 0 heterocycles. The maximum atomic E-state index is 11.7. The van der Waals surface area contributed by atoms with E-state index in [4.69, 9.17) is 5.73 Å². The Labute approximate surface area is 107 Å². The number of ether oxygens (including phenoxy) is 1. The summed E-state index contributed by atoms with van der Waals surface area (Å²) in [7, 11) is -2.02. The highest BCUT2D eigenvalue weighted by atomic mass is 32.2. The van der Waals surface area contributed by atoms with Crippen molar-refractivity contribution in [2.24, 2.45) is 5.73 Å². The van der Waals surface area contributed by atoms with Crippen molar-refractivity contribution < 1.29 is 17.9 Å². The van der Waals surface area contributed by atoms with Gasteiger partial charge in [0.1, 0.15) is 0 Å². The van der Waals surface area contributed by atoms with Crippen LogP contribution in [0.5, 0.6) is 0 Å². The second-order valence-corrected chi connectivity index (χ2v) is 6.13. The molecule has 0 radical (unpaired) electrons. The Bertz CT molecular complexity index is 367. The molecule has 0 atom stereocenters. The van der Waals surface area contributed by atoms with E-state index in [2.05, 4.69) is 17.0 Å². The fraction of sp³-hybridized carbons (Fsp3) is 0.778. The van der Waals surface area contributed by atoms with Crippen molar-refractivity contribution in [1.82, 2.24) is 4.31 Å². The van der Waals surface area contributed by atoms with Crippen molar-refractivity contribution in [2.45, 2.75) is 19.8 Å². The average molecular weight is 282 g/mol. The first kappa shape index (κ1) is 16.3. The highest BCUT2D eigenvalue weighted by Crippen LogP contribution is 2.02. The molecule has 0 rings (SSSR count). The highest BCUT2D eigenvalue weighted by molar-refractivity contribution is 7.89. The average Bonchev–Trinajstić information content (AvgIpc) is 2.23. The van der Waals surface area contributed by atoms with Crippen LogP contribution in [-0.2, 0) is 19.6 Å². The number of nitrogens with two attached hydrogens (primary N) is 1. The summed E-state index contributed by atoms with van der Waals surface area (Å²) in [6.45, 7) is 2.14. The molecule has 0 bridgehead atoms. The predicted molar refractivity (Wildman–Crippen MR) is 69.1 cm³/mol. The molecule has 0 fully saturated rings. The molecule has 100 valence electrons.